The molecule has 0 bridgehead atoms. The zero-order chi connectivity index (χ0) is 18.5. The van der Waals surface area contributed by atoms with Gasteiger partial charge in [-0.3, -0.25) is 0 Å². The Labute approximate surface area is 154 Å². The number of ether oxygens (including phenoxy) is 3. The summed E-state index contributed by atoms with van der Waals surface area (Å²) in [6.45, 7) is 4.88. The molecule has 0 spiro atoms. The molecule has 1 aliphatic carbocycles. The van der Waals surface area contributed by atoms with Gasteiger partial charge in [-0.05, 0) is 69.0 Å². The molecule has 2 aromatic rings. The van der Waals surface area contributed by atoms with Crippen LogP contribution in [0.15, 0.2) is 42.5 Å². The van der Waals surface area contributed by atoms with Crippen LogP contribution in [-0.4, -0.2) is 25.7 Å². The molecule has 2 aromatic carbocycles. The Morgan fingerprint density at radius 3 is 2.38 bits per heavy atom. The molecule has 5 nitrogen and oxygen atoms in total. The van der Waals surface area contributed by atoms with Crippen LogP contribution in [0, 0.1) is 5.92 Å². The molecule has 0 radical (unpaired) electrons. The topological polar surface area (TPSA) is 56.8 Å². The van der Waals surface area contributed by atoms with Crippen molar-refractivity contribution in [3.8, 4) is 17.2 Å². The highest BCUT2D eigenvalue weighted by molar-refractivity contribution is 5.90. The maximum Gasteiger partial charge on any atom is 0.338 e. The first-order valence-corrected chi connectivity index (χ1v) is 8.95. The third-order valence-corrected chi connectivity index (χ3v) is 4.05. The van der Waals surface area contributed by atoms with Gasteiger partial charge in [-0.2, -0.15) is 0 Å². The third kappa shape index (κ3) is 5.15. The highest BCUT2D eigenvalue weighted by Gasteiger charge is 2.20. The summed E-state index contributed by atoms with van der Waals surface area (Å²) >= 11 is 0. The van der Waals surface area contributed by atoms with Gasteiger partial charge in [-0.25, -0.2) is 4.79 Å². The Morgan fingerprint density at radius 1 is 1.08 bits per heavy atom. The second kappa shape index (κ2) is 8.13. The molecule has 1 fully saturated rings. The zero-order valence-corrected chi connectivity index (χ0v) is 15.5. The Balaban J connectivity index is 1.73. The van der Waals surface area contributed by atoms with E-state index in [0.717, 1.165) is 18.2 Å². The average molecular weight is 355 g/mol. The van der Waals surface area contributed by atoms with Crippen molar-refractivity contribution in [1.29, 1.82) is 0 Å². The first kappa shape index (κ1) is 18.1. The predicted molar refractivity (Wildman–Crippen MR) is 101 cm³/mol. The number of hydrogen-bond acceptors (Lipinski definition) is 5. The van der Waals surface area contributed by atoms with Crippen LogP contribution >= 0.6 is 0 Å². The van der Waals surface area contributed by atoms with Gasteiger partial charge in [-0.15, -0.1) is 0 Å². The molecule has 1 saturated carbocycles. The fourth-order valence-corrected chi connectivity index (χ4v) is 2.57. The van der Waals surface area contributed by atoms with Gasteiger partial charge >= 0.3 is 5.97 Å². The minimum Gasteiger partial charge on any atom is -0.491 e. The van der Waals surface area contributed by atoms with Crippen LogP contribution in [0.3, 0.4) is 0 Å². The van der Waals surface area contributed by atoms with E-state index >= 15 is 0 Å². The summed E-state index contributed by atoms with van der Waals surface area (Å²) < 4.78 is 16.4. The van der Waals surface area contributed by atoms with Crippen molar-refractivity contribution in [3.05, 3.63) is 48.0 Å². The summed E-state index contributed by atoms with van der Waals surface area (Å²) in [4.78, 5) is 11.9. The number of nitrogens with one attached hydrogen (secondary N) is 1. The van der Waals surface area contributed by atoms with Crippen molar-refractivity contribution in [3.63, 3.8) is 0 Å². The lowest BCUT2D eigenvalue weighted by atomic mass is 10.2. The van der Waals surface area contributed by atoms with Gasteiger partial charge in [0, 0.05) is 18.3 Å². The zero-order valence-electron chi connectivity index (χ0n) is 15.5. The molecule has 0 heterocycles. The maximum absolute atomic E-state index is 11.9. The molecule has 0 saturated heterocycles. The smallest absolute Gasteiger partial charge is 0.338 e. The van der Waals surface area contributed by atoms with E-state index in [2.05, 4.69) is 5.32 Å². The van der Waals surface area contributed by atoms with Gasteiger partial charge in [0.25, 0.3) is 0 Å². The molecule has 0 aromatic heterocycles. The van der Waals surface area contributed by atoms with Crippen molar-refractivity contribution in [2.24, 2.45) is 5.92 Å². The Bertz CT molecular complexity index is 751. The fourth-order valence-electron chi connectivity index (χ4n) is 2.57. The highest BCUT2D eigenvalue weighted by Crippen LogP contribution is 2.31. The SMILES string of the molecule is COC(=O)c1cc(Oc2ccc(NCC3CC3)cc2)cc(OC(C)C)c1. The predicted octanol–water partition coefficient (Wildman–Crippen LogP) is 4.87. The summed E-state index contributed by atoms with van der Waals surface area (Å²) in [7, 11) is 1.35. The molecule has 0 amide bonds. The fraction of sp³-hybridized carbons (Fsp3) is 0.381. The van der Waals surface area contributed by atoms with Gasteiger partial charge in [0.2, 0.25) is 0 Å². The molecule has 138 valence electrons. The Hall–Kier alpha value is -2.69. The molecule has 26 heavy (non-hydrogen) atoms. The van der Waals surface area contributed by atoms with E-state index in [1.165, 1.54) is 20.0 Å². The van der Waals surface area contributed by atoms with Gasteiger partial charge in [0.05, 0.1) is 18.8 Å². The van der Waals surface area contributed by atoms with Crippen molar-refractivity contribution in [2.45, 2.75) is 32.8 Å². The van der Waals surface area contributed by atoms with E-state index in [-0.39, 0.29) is 6.10 Å². The van der Waals surface area contributed by atoms with Crippen LogP contribution in [0.2, 0.25) is 0 Å². The Morgan fingerprint density at radius 2 is 1.77 bits per heavy atom. The third-order valence-electron chi connectivity index (χ3n) is 4.05. The van der Waals surface area contributed by atoms with Crippen LogP contribution in [0.25, 0.3) is 0 Å². The first-order valence-electron chi connectivity index (χ1n) is 8.95. The summed E-state index contributed by atoms with van der Waals surface area (Å²) in [6, 6.07) is 12.9. The first-order chi connectivity index (χ1) is 12.5. The monoisotopic (exact) mass is 355 g/mol. The number of anilines is 1. The van der Waals surface area contributed by atoms with Crippen LogP contribution in [0.1, 0.15) is 37.0 Å². The maximum atomic E-state index is 11.9. The minimum absolute atomic E-state index is 0.00688. The molecule has 1 aliphatic rings. The molecular weight excluding hydrogens is 330 g/mol. The normalized spacial score (nSPS) is 13.4. The molecule has 5 heteroatoms. The van der Waals surface area contributed by atoms with E-state index in [9.17, 15) is 4.79 Å². The highest BCUT2D eigenvalue weighted by atomic mass is 16.5. The molecule has 3 rings (SSSR count). The molecule has 0 unspecified atom stereocenters. The average Bonchev–Trinajstić information content (AvgIpc) is 3.44. The standard InChI is InChI=1S/C21H25NO4/c1-14(2)25-19-10-16(21(23)24-3)11-20(12-19)26-18-8-6-17(7-9-18)22-13-15-4-5-15/h6-12,14-15,22H,4-5,13H2,1-3H3. The second-order valence-electron chi connectivity index (χ2n) is 6.80. The van der Waals surface area contributed by atoms with Gasteiger partial charge in [-0.1, -0.05) is 0 Å². The largest absolute Gasteiger partial charge is 0.491 e. The molecule has 1 N–H and O–H groups in total. The number of esters is 1. The Kier molecular flexibility index (Phi) is 5.66. The number of hydrogen-bond donors (Lipinski definition) is 1. The lowest BCUT2D eigenvalue weighted by molar-refractivity contribution is 0.0599. The van der Waals surface area contributed by atoms with Crippen molar-refractivity contribution < 1.29 is 19.0 Å². The van der Waals surface area contributed by atoms with Crippen LogP contribution in [-0.2, 0) is 4.74 Å². The van der Waals surface area contributed by atoms with Crippen LogP contribution in [0.5, 0.6) is 17.2 Å². The quantitative estimate of drug-likeness (QED) is 0.684. The van der Waals surface area contributed by atoms with Gasteiger partial charge in [0.15, 0.2) is 0 Å². The van der Waals surface area contributed by atoms with E-state index in [1.54, 1.807) is 18.2 Å². The molecule has 0 atom stereocenters. The van der Waals surface area contributed by atoms with Crippen molar-refractivity contribution in [2.75, 3.05) is 19.0 Å². The van der Waals surface area contributed by atoms with E-state index < -0.39 is 5.97 Å². The summed E-state index contributed by atoms with van der Waals surface area (Å²) in [5, 5.41) is 3.42. The van der Waals surface area contributed by atoms with E-state index in [1.807, 2.05) is 38.1 Å². The molecular formula is C21H25NO4. The lowest BCUT2D eigenvalue weighted by Gasteiger charge is -2.14. The van der Waals surface area contributed by atoms with Crippen molar-refractivity contribution >= 4 is 11.7 Å². The number of methoxy groups -OCH3 is 1. The molecule has 0 aliphatic heterocycles. The van der Waals surface area contributed by atoms with Crippen LogP contribution < -0.4 is 14.8 Å². The number of rotatable bonds is 8. The lowest BCUT2D eigenvalue weighted by Crippen LogP contribution is -2.07. The van der Waals surface area contributed by atoms with Crippen molar-refractivity contribution in [1.82, 2.24) is 0 Å². The number of carbonyl (C=O) groups excluding carboxylic acids is 1. The van der Waals surface area contributed by atoms with Gasteiger partial charge < -0.3 is 19.5 Å². The van der Waals surface area contributed by atoms with E-state index in [0.29, 0.717) is 22.8 Å². The summed E-state index contributed by atoms with van der Waals surface area (Å²) in [6.07, 6.45) is 2.64. The minimum atomic E-state index is -0.427. The summed E-state index contributed by atoms with van der Waals surface area (Å²) in [5.74, 6) is 2.19. The second-order valence-corrected chi connectivity index (χ2v) is 6.80. The number of benzene rings is 2. The van der Waals surface area contributed by atoms with Crippen LogP contribution in [0.4, 0.5) is 5.69 Å². The van der Waals surface area contributed by atoms with Gasteiger partial charge in [0.1, 0.15) is 17.2 Å². The number of carbonyl (C=O) groups is 1. The summed E-state index contributed by atoms with van der Waals surface area (Å²) in [5.41, 5.74) is 1.47. The van der Waals surface area contributed by atoms with E-state index in [4.69, 9.17) is 14.2 Å².